The summed E-state index contributed by atoms with van der Waals surface area (Å²) in [6, 6.07) is 3.52. The average Bonchev–Trinajstić information content (AvgIpc) is 2.55. The van der Waals surface area contributed by atoms with Crippen molar-refractivity contribution in [2.75, 3.05) is 6.61 Å². The number of hydrogen-bond donors (Lipinski definition) is 1. The largest absolute Gasteiger partial charge is 0.465 e. The molecule has 0 aromatic carbocycles. The first-order valence-electron chi connectivity index (χ1n) is 8.46. The van der Waals surface area contributed by atoms with Crippen molar-refractivity contribution < 1.29 is 14.6 Å². The molecule has 1 heterocycles. The Morgan fingerprint density at radius 2 is 2.09 bits per heavy atom. The van der Waals surface area contributed by atoms with Crippen LogP contribution >= 0.6 is 11.6 Å². The highest BCUT2D eigenvalue weighted by molar-refractivity contribution is 6.30. The van der Waals surface area contributed by atoms with Gasteiger partial charge in [-0.2, -0.15) is 0 Å². The predicted molar refractivity (Wildman–Crippen MR) is 90.1 cm³/mol. The van der Waals surface area contributed by atoms with Crippen LogP contribution in [0.4, 0.5) is 0 Å². The highest BCUT2D eigenvalue weighted by atomic mass is 35.5. The zero-order valence-electron chi connectivity index (χ0n) is 13.9. The molecule has 0 radical (unpaired) electrons. The molecule has 1 aromatic rings. The van der Waals surface area contributed by atoms with E-state index in [0.717, 1.165) is 38.5 Å². The summed E-state index contributed by atoms with van der Waals surface area (Å²) in [4.78, 5) is 16.3. The predicted octanol–water partition coefficient (Wildman–Crippen LogP) is 4.09. The van der Waals surface area contributed by atoms with Crippen molar-refractivity contribution in [1.29, 1.82) is 0 Å². The van der Waals surface area contributed by atoms with Crippen molar-refractivity contribution in [3.63, 3.8) is 0 Å². The maximum absolute atomic E-state index is 12.0. The lowest BCUT2D eigenvalue weighted by Gasteiger charge is -2.37. The van der Waals surface area contributed by atoms with Crippen LogP contribution in [0.2, 0.25) is 5.02 Å². The number of halogens is 1. The number of hydrogen-bond acceptors (Lipinski definition) is 4. The summed E-state index contributed by atoms with van der Waals surface area (Å²) in [5.74, 6) is -0.0193. The number of rotatable bonds is 6. The van der Waals surface area contributed by atoms with E-state index in [1.807, 2.05) is 0 Å². The van der Waals surface area contributed by atoms with E-state index < -0.39 is 5.60 Å². The Kier molecular flexibility index (Phi) is 6.42. The van der Waals surface area contributed by atoms with Crippen LogP contribution in [0.3, 0.4) is 0 Å². The SMILES string of the molecule is CCCCOC(=O)C1CCC([C@@](C)(O)c2ccc(Cl)cn2)CC1. The second-order valence-electron chi connectivity index (χ2n) is 6.58. The lowest BCUT2D eigenvalue weighted by atomic mass is 9.73. The minimum absolute atomic E-state index is 0.0305. The number of nitrogens with zero attached hydrogens (tertiary/aromatic N) is 1. The fourth-order valence-electron chi connectivity index (χ4n) is 3.21. The van der Waals surface area contributed by atoms with Gasteiger partial charge >= 0.3 is 5.97 Å². The Morgan fingerprint density at radius 3 is 2.65 bits per heavy atom. The molecule has 0 bridgehead atoms. The molecule has 0 unspecified atom stereocenters. The number of aromatic nitrogens is 1. The fourth-order valence-corrected chi connectivity index (χ4v) is 3.32. The highest BCUT2D eigenvalue weighted by Crippen LogP contribution is 2.40. The molecule has 1 fully saturated rings. The van der Waals surface area contributed by atoms with Gasteiger partial charge in [0.1, 0.15) is 5.60 Å². The maximum atomic E-state index is 12.0. The summed E-state index contributed by atoms with van der Waals surface area (Å²) in [5, 5.41) is 11.4. The minimum Gasteiger partial charge on any atom is -0.465 e. The number of pyridine rings is 1. The molecule has 0 amide bonds. The van der Waals surface area contributed by atoms with Crippen LogP contribution in [-0.2, 0) is 15.1 Å². The number of aliphatic hydroxyl groups is 1. The van der Waals surface area contributed by atoms with Gasteiger partial charge in [0, 0.05) is 6.20 Å². The van der Waals surface area contributed by atoms with Crippen LogP contribution in [0.1, 0.15) is 58.1 Å². The van der Waals surface area contributed by atoms with E-state index >= 15 is 0 Å². The van der Waals surface area contributed by atoms with E-state index in [9.17, 15) is 9.90 Å². The molecule has 1 atom stereocenters. The van der Waals surface area contributed by atoms with E-state index in [1.54, 1.807) is 25.3 Å². The van der Waals surface area contributed by atoms with Crippen molar-refractivity contribution >= 4 is 17.6 Å². The first kappa shape index (κ1) is 18.2. The van der Waals surface area contributed by atoms with Crippen LogP contribution in [-0.4, -0.2) is 22.7 Å². The van der Waals surface area contributed by atoms with Crippen LogP contribution in [0.25, 0.3) is 0 Å². The van der Waals surface area contributed by atoms with E-state index in [1.165, 1.54) is 0 Å². The van der Waals surface area contributed by atoms with Gasteiger partial charge in [-0.15, -0.1) is 0 Å². The van der Waals surface area contributed by atoms with Gasteiger partial charge < -0.3 is 9.84 Å². The van der Waals surface area contributed by atoms with Gasteiger partial charge in [-0.05, 0) is 57.1 Å². The minimum atomic E-state index is -0.998. The molecule has 0 saturated heterocycles. The van der Waals surface area contributed by atoms with E-state index in [2.05, 4.69) is 11.9 Å². The molecular weight excluding hydrogens is 314 g/mol. The molecule has 2 rings (SSSR count). The first-order chi connectivity index (χ1) is 10.9. The van der Waals surface area contributed by atoms with Crippen LogP contribution in [0, 0.1) is 11.8 Å². The molecule has 23 heavy (non-hydrogen) atoms. The van der Waals surface area contributed by atoms with Crippen LogP contribution in [0.5, 0.6) is 0 Å². The number of carbonyl (C=O) groups is 1. The molecule has 128 valence electrons. The Morgan fingerprint density at radius 1 is 1.39 bits per heavy atom. The summed E-state index contributed by atoms with van der Waals surface area (Å²) < 4.78 is 5.31. The summed E-state index contributed by atoms with van der Waals surface area (Å²) >= 11 is 5.86. The van der Waals surface area contributed by atoms with Gasteiger partial charge in [0.15, 0.2) is 0 Å². The molecule has 0 aliphatic heterocycles. The zero-order valence-corrected chi connectivity index (χ0v) is 14.7. The smallest absolute Gasteiger partial charge is 0.308 e. The van der Waals surface area contributed by atoms with E-state index in [0.29, 0.717) is 17.3 Å². The van der Waals surface area contributed by atoms with Crippen molar-refractivity contribution in [2.45, 2.75) is 58.0 Å². The van der Waals surface area contributed by atoms with Crippen molar-refractivity contribution in [2.24, 2.45) is 11.8 Å². The Hall–Kier alpha value is -1.13. The van der Waals surface area contributed by atoms with Crippen molar-refractivity contribution in [1.82, 2.24) is 4.98 Å². The number of carbonyl (C=O) groups excluding carboxylic acids is 1. The molecule has 4 nitrogen and oxygen atoms in total. The number of unbranched alkanes of at least 4 members (excludes halogenated alkanes) is 1. The Bertz CT molecular complexity index is 508. The third-order valence-corrected chi connectivity index (χ3v) is 5.07. The molecule has 1 aliphatic rings. The van der Waals surface area contributed by atoms with Crippen LogP contribution < -0.4 is 0 Å². The Balaban J connectivity index is 1.90. The normalized spacial score (nSPS) is 24.0. The summed E-state index contributed by atoms with van der Waals surface area (Å²) in [6.45, 7) is 4.39. The van der Waals surface area contributed by atoms with Gasteiger partial charge in [0.2, 0.25) is 0 Å². The molecular formula is C18H26ClNO3. The Labute approximate surface area is 143 Å². The first-order valence-corrected chi connectivity index (χ1v) is 8.84. The number of ether oxygens (including phenoxy) is 1. The van der Waals surface area contributed by atoms with Crippen LogP contribution in [0.15, 0.2) is 18.3 Å². The van der Waals surface area contributed by atoms with Crippen molar-refractivity contribution in [3.8, 4) is 0 Å². The van der Waals surface area contributed by atoms with E-state index in [4.69, 9.17) is 16.3 Å². The molecule has 0 spiro atoms. The standard InChI is InChI=1S/C18H26ClNO3/c1-3-4-11-23-17(21)13-5-7-14(8-6-13)18(2,22)16-10-9-15(19)12-20-16/h9-10,12-14,22H,3-8,11H2,1-2H3/t13?,14?,18-/m1/s1. The van der Waals surface area contributed by atoms with Gasteiger partial charge in [0.25, 0.3) is 0 Å². The third kappa shape index (κ3) is 4.67. The monoisotopic (exact) mass is 339 g/mol. The third-order valence-electron chi connectivity index (χ3n) is 4.84. The summed E-state index contributed by atoms with van der Waals surface area (Å²) in [5.41, 5.74) is -0.363. The summed E-state index contributed by atoms with van der Waals surface area (Å²) in [7, 11) is 0. The molecule has 1 N–H and O–H groups in total. The zero-order chi connectivity index (χ0) is 16.9. The topological polar surface area (TPSA) is 59.4 Å². The van der Waals surface area contributed by atoms with E-state index in [-0.39, 0.29) is 17.8 Å². The average molecular weight is 340 g/mol. The molecule has 1 saturated carbocycles. The molecule has 1 aromatic heterocycles. The lowest BCUT2D eigenvalue weighted by Crippen LogP contribution is -2.37. The lowest BCUT2D eigenvalue weighted by molar-refractivity contribution is -0.151. The second-order valence-corrected chi connectivity index (χ2v) is 7.02. The van der Waals surface area contributed by atoms with Gasteiger partial charge in [-0.3, -0.25) is 9.78 Å². The number of esters is 1. The molecule has 5 heteroatoms. The van der Waals surface area contributed by atoms with Gasteiger partial charge in [-0.25, -0.2) is 0 Å². The van der Waals surface area contributed by atoms with Crippen molar-refractivity contribution in [3.05, 3.63) is 29.0 Å². The van der Waals surface area contributed by atoms with Gasteiger partial charge in [-0.1, -0.05) is 24.9 Å². The quantitative estimate of drug-likeness (QED) is 0.626. The fraction of sp³-hybridized carbons (Fsp3) is 0.667. The molecule has 1 aliphatic carbocycles. The highest BCUT2D eigenvalue weighted by Gasteiger charge is 2.39. The second kappa shape index (κ2) is 8.11. The van der Waals surface area contributed by atoms with Gasteiger partial charge in [0.05, 0.1) is 23.2 Å². The summed E-state index contributed by atoms with van der Waals surface area (Å²) in [6.07, 6.45) is 6.62. The maximum Gasteiger partial charge on any atom is 0.308 e.